The number of aromatic nitrogens is 2. The zero-order valence-electron chi connectivity index (χ0n) is 11.8. The first kappa shape index (κ1) is 15.0. The van der Waals surface area contributed by atoms with Gasteiger partial charge in [-0.25, -0.2) is 9.97 Å². The van der Waals surface area contributed by atoms with Crippen LogP contribution in [0.15, 0.2) is 35.5 Å². The molecule has 0 spiro atoms. The molecule has 0 saturated carbocycles. The average molecular weight is 298 g/mol. The van der Waals surface area contributed by atoms with Gasteiger partial charge in [0.15, 0.2) is 5.16 Å². The third kappa shape index (κ3) is 4.04. The van der Waals surface area contributed by atoms with E-state index in [1.165, 1.54) is 11.8 Å². The van der Waals surface area contributed by atoms with E-state index >= 15 is 0 Å². The van der Waals surface area contributed by atoms with E-state index < -0.39 is 0 Å². The fourth-order valence-electron chi connectivity index (χ4n) is 1.67. The predicted octanol–water partition coefficient (Wildman–Crippen LogP) is 3.02. The number of amides is 1. The zero-order chi connectivity index (χ0) is 15.2. The summed E-state index contributed by atoms with van der Waals surface area (Å²) in [6.07, 6.45) is 0. The van der Waals surface area contributed by atoms with Crippen LogP contribution in [0.1, 0.15) is 28.7 Å². The van der Waals surface area contributed by atoms with Crippen molar-refractivity contribution in [1.82, 2.24) is 9.97 Å². The molecule has 0 saturated heterocycles. The Morgan fingerprint density at radius 2 is 2.05 bits per heavy atom. The molecule has 2 aromatic rings. The largest absolute Gasteiger partial charge is 0.321 e. The minimum absolute atomic E-state index is 0.289. The van der Waals surface area contributed by atoms with E-state index in [1.807, 2.05) is 19.9 Å². The van der Waals surface area contributed by atoms with Crippen molar-refractivity contribution >= 4 is 23.4 Å². The third-order valence-electron chi connectivity index (χ3n) is 2.61. The maximum atomic E-state index is 12.2. The van der Waals surface area contributed by atoms with Crippen molar-refractivity contribution < 1.29 is 4.79 Å². The number of anilines is 1. The van der Waals surface area contributed by atoms with Crippen molar-refractivity contribution in [2.75, 3.05) is 11.1 Å². The van der Waals surface area contributed by atoms with Crippen LogP contribution in [-0.4, -0.2) is 21.6 Å². The molecule has 5 nitrogen and oxygen atoms in total. The molecule has 0 aliphatic heterocycles. The number of hydrogen-bond donors (Lipinski definition) is 1. The first-order chi connectivity index (χ1) is 10.1. The van der Waals surface area contributed by atoms with E-state index in [0.29, 0.717) is 22.1 Å². The summed E-state index contributed by atoms with van der Waals surface area (Å²) in [4.78, 5) is 20.7. The number of aryl methyl sites for hydroxylation is 1. The van der Waals surface area contributed by atoms with Crippen molar-refractivity contribution in [2.45, 2.75) is 19.0 Å². The van der Waals surface area contributed by atoms with Gasteiger partial charge in [-0.15, -0.1) is 0 Å². The third-order valence-corrected chi connectivity index (χ3v) is 3.34. The fourth-order valence-corrected chi connectivity index (χ4v) is 2.30. The van der Waals surface area contributed by atoms with Gasteiger partial charge in [-0.1, -0.05) is 18.7 Å². The minimum atomic E-state index is -0.289. The fraction of sp³-hybridized carbons (Fsp3) is 0.200. The van der Waals surface area contributed by atoms with Crippen LogP contribution >= 0.6 is 11.8 Å². The van der Waals surface area contributed by atoms with Gasteiger partial charge in [-0.3, -0.25) is 4.79 Å². The first-order valence-electron chi connectivity index (χ1n) is 6.42. The van der Waals surface area contributed by atoms with E-state index in [1.54, 1.807) is 30.3 Å². The second-order valence-corrected chi connectivity index (χ2v) is 5.48. The van der Waals surface area contributed by atoms with Gasteiger partial charge in [-0.05, 0) is 43.0 Å². The molecule has 0 aliphatic carbocycles. The van der Waals surface area contributed by atoms with E-state index in [9.17, 15) is 4.79 Å². The molecule has 1 N–H and O–H groups in total. The monoisotopic (exact) mass is 298 g/mol. The Bertz CT molecular complexity index is 692. The molecule has 0 fully saturated rings. The number of rotatable bonds is 4. The number of thioether (sulfide) groups is 1. The van der Waals surface area contributed by atoms with Gasteiger partial charge in [0, 0.05) is 11.4 Å². The van der Waals surface area contributed by atoms with Crippen LogP contribution in [-0.2, 0) is 0 Å². The summed E-state index contributed by atoms with van der Waals surface area (Å²) in [7, 11) is 0. The SMILES string of the molecule is CCSc1nc(C)cc(C(=O)Nc2ccc(C#N)cc2)n1. The molecule has 21 heavy (non-hydrogen) atoms. The van der Waals surface area contributed by atoms with Gasteiger partial charge in [-0.2, -0.15) is 5.26 Å². The van der Waals surface area contributed by atoms with E-state index in [-0.39, 0.29) is 5.91 Å². The number of nitrogens with zero attached hydrogens (tertiary/aromatic N) is 3. The summed E-state index contributed by atoms with van der Waals surface area (Å²) >= 11 is 1.49. The minimum Gasteiger partial charge on any atom is -0.321 e. The molecule has 106 valence electrons. The molecular formula is C15H14N4OS. The molecule has 1 aromatic carbocycles. The maximum absolute atomic E-state index is 12.2. The van der Waals surface area contributed by atoms with Crippen LogP contribution in [0.3, 0.4) is 0 Å². The zero-order valence-corrected chi connectivity index (χ0v) is 12.6. The summed E-state index contributed by atoms with van der Waals surface area (Å²) in [5.74, 6) is 0.559. The standard InChI is InChI=1S/C15H14N4OS/c1-3-21-15-17-10(2)8-13(19-15)14(20)18-12-6-4-11(9-16)5-7-12/h4-8H,3H2,1-2H3,(H,18,20). The van der Waals surface area contributed by atoms with Gasteiger partial charge < -0.3 is 5.32 Å². The van der Waals surface area contributed by atoms with Crippen molar-refractivity contribution in [3.8, 4) is 6.07 Å². The van der Waals surface area contributed by atoms with Gasteiger partial charge in [0.25, 0.3) is 5.91 Å². The summed E-state index contributed by atoms with van der Waals surface area (Å²) in [5, 5.41) is 12.1. The highest BCUT2D eigenvalue weighted by atomic mass is 32.2. The predicted molar refractivity (Wildman–Crippen MR) is 82.3 cm³/mol. The number of nitrogens with one attached hydrogen (secondary N) is 1. The van der Waals surface area contributed by atoms with Crippen LogP contribution in [0, 0.1) is 18.3 Å². The lowest BCUT2D eigenvalue weighted by atomic mass is 10.2. The van der Waals surface area contributed by atoms with Gasteiger partial charge in [0.05, 0.1) is 11.6 Å². The number of nitriles is 1. The number of carbonyl (C=O) groups is 1. The molecule has 1 heterocycles. The molecule has 0 bridgehead atoms. The lowest BCUT2D eigenvalue weighted by Crippen LogP contribution is -2.15. The number of hydrogen-bond acceptors (Lipinski definition) is 5. The summed E-state index contributed by atoms with van der Waals surface area (Å²) in [5.41, 5.74) is 2.27. The van der Waals surface area contributed by atoms with Crippen molar-refractivity contribution in [3.63, 3.8) is 0 Å². The molecule has 0 unspecified atom stereocenters. The molecule has 0 aliphatic rings. The molecule has 2 rings (SSSR count). The molecule has 0 atom stereocenters. The summed E-state index contributed by atoms with van der Waals surface area (Å²) in [6, 6.07) is 10.4. The molecule has 6 heteroatoms. The lowest BCUT2D eigenvalue weighted by Gasteiger charge is -2.06. The molecule has 1 aromatic heterocycles. The number of carbonyl (C=O) groups excluding carboxylic acids is 1. The Hall–Kier alpha value is -2.39. The highest BCUT2D eigenvalue weighted by Crippen LogP contribution is 2.15. The Morgan fingerprint density at radius 1 is 1.33 bits per heavy atom. The van der Waals surface area contributed by atoms with Crippen LogP contribution in [0.5, 0.6) is 0 Å². The van der Waals surface area contributed by atoms with E-state index in [0.717, 1.165) is 11.4 Å². The van der Waals surface area contributed by atoms with Crippen molar-refractivity contribution in [1.29, 1.82) is 5.26 Å². The summed E-state index contributed by atoms with van der Waals surface area (Å²) in [6.45, 7) is 3.84. The molecular weight excluding hydrogens is 284 g/mol. The average Bonchev–Trinajstić information content (AvgIpc) is 2.48. The molecule has 0 radical (unpaired) electrons. The topological polar surface area (TPSA) is 78.7 Å². The highest BCUT2D eigenvalue weighted by Gasteiger charge is 2.11. The number of benzene rings is 1. The van der Waals surface area contributed by atoms with E-state index in [4.69, 9.17) is 5.26 Å². The highest BCUT2D eigenvalue weighted by molar-refractivity contribution is 7.99. The van der Waals surface area contributed by atoms with Crippen LogP contribution in [0.4, 0.5) is 5.69 Å². The first-order valence-corrected chi connectivity index (χ1v) is 7.41. The van der Waals surface area contributed by atoms with Crippen LogP contribution < -0.4 is 5.32 Å². The van der Waals surface area contributed by atoms with Gasteiger partial charge >= 0.3 is 0 Å². The Balaban J connectivity index is 2.17. The smallest absolute Gasteiger partial charge is 0.274 e. The van der Waals surface area contributed by atoms with Gasteiger partial charge in [0.1, 0.15) is 5.69 Å². The molecule has 1 amide bonds. The van der Waals surface area contributed by atoms with E-state index in [2.05, 4.69) is 15.3 Å². The van der Waals surface area contributed by atoms with Crippen molar-refractivity contribution in [2.24, 2.45) is 0 Å². The lowest BCUT2D eigenvalue weighted by molar-refractivity contribution is 0.102. The van der Waals surface area contributed by atoms with Crippen LogP contribution in [0.25, 0.3) is 0 Å². The maximum Gasteiger partial charge on any atom is 0.274 e. The quantitative estimate of drug-likeness (QED) is 0.693. The van der Waals surface area contributed by atoms with Gasteiger partial charge in [0.2, 0.25) is 0 Å². The normalized spacial score (nSPS) is 9.95. The Labute approximate surface area is 127 Å². The summed E-state index contributed by atoms with van der Waals surface area (Å²) < 4.78 is 0. The Kier molecular flexibility index (Phi) is 4.90. The van der Waals surface area contributed by atoms with Crippen molar-refractivity contribution in [3.05, 3.63) is 47.3 Å². The van der Waals surface area contributed by atoms with Crippen LogP contribution in [0.2, 0.25) is 0 Å². The second-order valence-electron chi connectivity index (χ2n) is 4.25. The second kappa shape index (κ2) is 6.86. The Morgan fingerprint density at radius 3 is 2.67 bits per heavy atom.